The van der Waals surface area contributed by atoms with Crippen LogP contribution in [0, 0.1) is 0 Å². The van der Waals surface area contributed by atoms with Crippen LogP contribution < -0.4 is 5.32 Å². The molecule has 0 aromatic carbocycles. The lowest BCUT2D eigenvalue weighted by Gasteiger charge is -2.22. The van der Waals surface area contributed by atoms with Gasteiger partial charge in [-0.1, -0.05) is 18.7 Å². The molecule has 0 radical (unpaired) electrons. The molecule has 1 fully saturated rings. The van der Waals surface area contributed by atoms with E-state index in [9.17, 15) is 0 Å². The van der Waals surface area contributed by atoms with Gasteiger partial charge in [0, 0.05) is 18.4 Å². The lowest BCUT2D eigenvalue weighted by Crippen LogP contribution is -2.31. The van der Waals surface area contributed by atoms with Crippen molar-refractivity contribution >= 4 is 16.9 Å². The van der Waals surface area contributed by atoms with Gasteiger partial charge in [0.05, 0.1) is 12.1 Å². The minimum atomic E-state index is -0.145. The first kappa shape index (κ1) is 12.8. The maximum absolute atomic E-state index is 5.60. The summed E-state index contributed by atoms with van der Waals surface area (Å²) in [5, 5.41) is 4.49. The summed E-state index contributed by atoms with van der Waals surface area (Å²) in [6, 6.07) is 0.601. The molecule has 3 nitrogen and oxygen atoms in total. The summed E-state index contributed by atoms with van der Waals surface area (Å²) >= 11 is 1.82. The van der Waals surface area contributed by atoms with Crippen LogP contribution in [0.15, 0.2) is 4.99 Å². The van der Waals surface area contributed by atoms with Crippen LogP contribution in [-0.4, -0.2) is 35.7 Å². The largest absolute Gasteiger partial charge is 0.374 e. The predicted molar refractivity (Wildman–Crippen MR) is 67.7 cm³/mol. The van der Waals surface area contributed by atoms with E-state index in [2.05, 4.69) is 31.1 Å². The van der Waals surface area contributed by atoms with Crippen LogP contribution in [0.3, 0.4) is 0 Å². The molecule has 0 aromatic rings. The summed E-state index contributed by atoms with van der Waals surface area (Å²) in [5.41, 5.74) is -0.145. The minimum Gasteiger partial charge on any atom is -0.374 e. The van der Waals surface area contributed by atoms with E-state index in [1.54, 1.807) is 0 Å². The fraction of sp³-hybridized carbons (Fsp3) is 0.909. The number of rotatable bonds is 5. The molecule has 1 N–H and O–H groups in total. The molecule has 0 saturated carbocycles. The van der Waals surface area contributed by atoms with E-state index in [0.29, 0.717) is 6.04 Å². The Morgan fingerprint density at radius 1 is 1.53 bits per heavy atom. The monoisotopic (exact) mass is 230 g/mol. The molecule has 88 valence electrons. The van der Waals surface area contributed by atoms with E-state index >= 15 is 0 Å². The van der Waals surface area contributed by atoms with Gasteiger partial charge in [-0.15, -0.1) is 0 Å². The molecule has 1 atom stereocenters. The Bertz CT molecular complexity index is 229. The Labute approximate surface area is 97.1 Å². The number of amidine groups is 1. The second-order valence-corrected chi connectivity index (χ2v) is 5.38. The Morgan fingerprint density at radius 3 is 2.80 bits per heavy atom. The van der Waals surface area contributed by atoms with Crippen LogP contribution in [0.2, 0.25) is 0 Å². The number of aliphatic imine (C=N–C) groups is 1. The van der Waals surface area contributed by atoms with Crippen molar-refractivity contribution in [1.29, 1.82) is 0 Å². The highest BCUT2D eigenvalue weighted by Crippen LogP contribution is 2.17. The van der Waals surface area contributed by atoms with Crippen molar-refractivity contribution in [2.45, 2.75) is 45.8 Å². The van der Waals surface area contributed by atoms with Crippen molar-refractivity contribution in [1.82, 2.24) is 5.32 Å². The first-order valence-corrected chi connectivity index (χ1v) is 6.63. The van der Waals surface area contributed by atoms with E-state index in [1.807, 2.05) is 18.7 Å². The summed E-state index contributed by atoms with van der Waals surface area (Å²) in [4.78, 5) is 4.56. The van der Waals surface area contributed by atoms with Crippen molar-refractivity contribution in [3.8, 4) is 0 Å². The van der Waals surface area contributed by atoms with Crippen molar-refractivity contribution in [3.63, 3.8) is 0 Å². The van der Waals surface area contributed by atoms with Gasteiger partial charge < -0.3 is 10.1 Å². The van der Waals surface area contributed by atoms with Crippen LogP contribution in [0.25, 0.3) is 0 Å². The zero-order valence-electron chi connectivity index (χ0n) is 10.2. The van der Waals surface area contributed by atoms with Crippen molar-refractivity contribution in [2.24, 2.45) is 4.99 Å². The number of hydrogen-bond donors (Lipinski definition) is 1. The molecule has 1 rings (SSSR count). The van der Waals surface area contributed by atoms with Gasteiger partial charge in [-0.05, 0) is 27.2 Å². The zero-order valence-corrected chi connectivity index (χ0v) is 11.0. The van der Waals surface area contributed by atoms with Crippen molar-refractivity contribution in [2.75, 3.05) is 18.9 Å². The SMILES string of the molecule is CCOC(C)(C)CN=C1NC(CC)CS1. The maximum atomic E-state index is 5.60. The smallest absolute Gasteiger partial charge is 0.156 e. The molecule has 1 unspecified atom stereocenters. The normalized spacial score (nSPS) is 24.5. The summed E-state index contributed by atoms with van der Waals surface area (Å²) < 4.78 is 5.60. The third-order valence-electron chi connectivity index (χ3n) is 2.38. The molecule has 0 amide bonds. The highest BCUT2D eigenvalue weighted by molar-refractivity contribution is 8.14. The molecule has 15 heavy (non-hydrogen) atoms. The van der Waals surface area contributed by atoms with Crippen LogP contribution in [0.5, 0.6) is 0 Å². The van der Waals surface area contributed by atoms with Crippen LogP contribution in [-0.2, 0) is 4.74 Å². The number of ether oxygens (including phenoxy) is 1. The third-order valence-corrected chi connectivity index (χ3v) is 3.47. The van der Waals surface area contributed by atoms with Gasteiger partial charge in [-0.25, -0.2) is 0 Å². The summed E-state index contributed by atoms with van der Waals surface area (Å²) in [6.07, 6.45) is 1.17. The van der Waals surface area contributed by atoms with Crippen LogP contribution in [0.1, 0.15) is 34.1 Å². The molecule has 1 heterocycles. The molecule has 0 aliphatic carbocycles. The first-order valence-electron chi connectivity index (χ1n) is 5.65. The van der Waals surface area contributed by atoms with Gasteiger partial charge in [-0.3, -0.25) is 4.99 Å². The fourth-order valence-electron chi connectivity index (χ4n) is 1.45. The minimum absolute atomic E-state index is 0.145. The third kappa shape index (κ3) is 4.43. The van der Waals surface area contributed by atoms with Gasteiger partial charge in [0.15, 0.2) is 5.17 Å². The molecule has 1 aliphatic heterocycles. The highest BCUT2D eigenvalue weighted by Gasteiger charge is 2.21. The van der Waals surface area contributed by atoms with Crippen molar-refractivity contribution in [3.05, 3.63) is 0 Å². The van der Waals surface area contributed by atoms with Gasteiger partial charge in [0.25, 0.3) is 0 Å². The Kier molecular flexibility index (Phi) is 4.93. The predicted octanol–water partition coefficient (Wildman–Crippen LogP) is 2.27. The summed E-state index contributed by atoms with van der Waals surface area (Å²) in [5.74, 6) is 1.14. The molecule has 0 spiro atoms. The standard InChI is InChI=1S/C11H22N2OS/c1-5-9-7-15-10(13-9)12-8-11(3,4)14-6-2/h9H,5-8H2,1-4H3,(H,12,13). The Morgan fingerprint density at radius 2 is 2.27 bits per heavy atom. The maximum Gasteiger partial charge on any atom is 0.156 e. The quantitative estimate of drug-likeness (QED) is 0.786. The second-order valence-electron chi connectivity index (χ2n) is 4.37. The fourth-order valence-corrected chi connectivity index (χ4v) is 2.53. The Balaban J connectivity index is 2.38. The summed E-state index contributed by atoms with van der Waals surface area (Å²) in [6.45, 7) is 9.85. The van der Waals surface area contributed by atoms with Gasteiger partial charge >= 0.3 is 0 Å². The van der Waals surface area contributed by atoms with Crippen molar-refractivity contribution < 1.29 is 4.74 Å². The lowest BCUT2D eigenvalue weighted by atomic mass is 10.1. The highest BCUT2D eigenvalue weighted by atomic mass is 32.2. The molecular formula is C11H22N2OS. The molecule has 1 saturated heterocycles. The topological polar surface area (TPSA) is 33.6 Å². The first-order chi connectivity index (χ1) is 7.07. The average Bonchev–Trinajstić information content (AvgIpc) is 2.62. The lowest BCUT2D eigenvalue weighted by molar-refractivity contribution is -0.00208. The van der Waals surface area contributed by atoms with Crippen LogP contribution >= 0.6 is 11.8 Å². The number of hydrogen-bond acceptors (Lipinski definition) is 3. The van der Waals surface area contributed by atoms with Crippen LogP contribution in [0.4, 0.5) is 0 Å². The number of nitrogens with one attached hydrogen (secondary N) is 1. The number of nitrogens with zero attached hydrogens (tertiary/aromatic N) is 1. The second kappa shape index (κ2) is 5.75. The van der Waals surface area contributed by atoms with Gasteiger partial charge in [0.2, 0.25) is 0 Å². The summed E-state index contributed by atoms with van der Waals surface area (Å²) in [7, 11) is 0. The van der Waals surface area contributed by atoms with E-state index in [4.69, 9.17) is 4.74 Å². The van der Waals surface area contributed by atoms with E-state index in [-0.39, 0.29) is 5.60 Å². The molecule has 0 bridgehead atoms. The average molecular weight is 230 g/mol. The van der Waals surface area contributed by atoms with Gasteiger partial charge in [0.1, 0.15) is 0 Å². The molecule has 0 aromatic heterocycles. The van der Waals surface area contributed by atoms with E-state index < -0.39 is 0 Å². The Hall–Kier alpha value is -0.220. The van der Waals surface area contributed by atoms with E-state index in [0.717, 1.165) is 24.1 Å². The van der Waals surface area contributed by atoms with Gasteiger partial charge in [-0.2, -0.15) is 0 Å². The molecular weight excluding hydrogens is 208 g/mol. The number of thioether (sulfide) groups is 1. The molecule has 4 heteroatoms. The molecule has 1 aliphatic rings. The van der Waals surface area contributed by atoms with E-state index in [1.165, 1.54) is 6.42 Å². The zero-order chi connectivity index (χ0) is 11.3.